The van der Waals surface area contributed by atoms with Gasteiger partial charge in [0, 0.05) is 0 Å². The number of hydrogen-bond acceptors (Lipinski definition) is 4. The second-order valence-corrected chi connectivity index (χ2v) is 6.16. The van der Waals surface area contributed by atoms with Gasteiger partial charge in [-0.3, -0.25) is 19.3 Å². The van der Waals surface area contributed by atoms with E-state index in [0.717, 1.165) is 5.56 Å². The SMILES string of the molecule is CC(=O)CC(=O)C(C)(C)N1COC(C)=C(c2ccccc2)C1=O. The van der Waals surface area contributed by atoms with E-state index in [1.807, 2.05) is 30.3 Å². The predicted molar refractivity (Wildman–Crippen MR) is 86.2 cm³/mol. The van der Waals surface area contributed by atoms with Gasteiger partial charge in [-0.1, -0.05) is 30.3 Å². The van der Waals surface area contributed by atoms with Crippen LogP contribution >= 0.6 is 0 Å². The molecule has 2 rings (SSSR count). The molecule has 0 bridgehead atoms. The summed E-state index contributed by atoms with van der Waals surface area (Å²) in [6.45, 7) is 6.38. The zero-order chi connectivity index (χ0) is 17.2. The van der Waals surface area contributed by atoms with Gasteiger partial charge >= 0.3 is 0 Å². The van der Waals surface area contributed by atoms with Gasteiger partial charge in [-0.15, -0.1) is 0 Å². The van der Waals surface area contributed by atoms with E-state index in [4.69, 9.17) is 4.74 Å². The van der Waals surface area contributed by atoms with Crippen molar-refractivity contribution < 1.29 is 19.1 Å². The predicted octanol–water partition coefficient (Wildman–Crippen LogP) is 2.56. The van der Waals surface area contributed by atoms with Crippen LogP contribution in [0.25, 0.3) is 5.57 Å². The Kier molecular flexibility index (Phi) is 4.68. The van der Waals surface area contributed by atoms with Crippen LogP contribution in [0.4, 0.5) is 0 Å². The van der Waals surface area contributed by atoms with Gasteiger partial charge in [-0.05, 0) is 33.3 Å². The highest BCUT2D eigenvalue weighted by Gasteiger charge is 2.41. The molecule has 1 aliphatic rings. The zero-order valence-corrected chi connectivity index (χ0v) is 13.9. The molecule has 0 spiro atoms. The van der Waals surface area contributed by atoms with Crippen LogP contribution in [0.5, 0.6) is 0 Å². The molecule has 0 saturated heterocycles. The Morgan fingerprint density at radius 2 is 1.83 bits per heavy atom. The number of carbonyl (C=O) groups is 3. The van der Waals surface area contributed by atoms with Gasteiger partial charge in [0.1, 0.15) is 11.5 Å². The fourth-order valence-electron chi connectivity index (χ4n) is 2.52. The molecule has 5 nitrogen and oxygen atoms in total. The minimum absolute atomic E-state index is 0.00234. The maximum Gasteiger partial charge on any atom is 0.261 e. The number of ketones is 2. The van der Waals surface area contributed by atoms with Crippen LogP contribution in [-0.4, -0.2) is 34.6 Å². The first-order chi connectivity index (χ1) is 10.7. The molecule has 0 N–H and O–H groups in total. The minimum Gasteiger partial charge on any atom is -0.477 e. The number of ether oxygens (including phenoxy) is 1. The third kappa shape index (κ3) is 3.33. The molecule has 5 heteroatoms. The van der Waals surface area contributed by atoms with Crippen LogP contribution in [0, 0.1) is 0 Å². The summed E-state index contributed by atoms with van der Waals surface area (Å²) in [7, 11) is 0. The Morgan fingerprint density at radius 1 is 1.22 bits per heavy atom. The Morgan fingerprint density at radius 3 is 2.39 bits per heavy atom. The summed E-state index contributed by atoms with van der Waals surface area (Å²) in [5, 5.41) is 0. The molecular weight excluding hydrogens is 294 g/mol. The second-order valence-electron chi connectivity index (χ2n) is 6.16. The van der Waals surface area contributed by atoms with Crippen molar-refractivity contribution >= 4 is 23.0 Å². The molecule has 0 atom stereocenters. The maximum absolute atomic E-state index is 12.9. The Bertz CT molecular complexity index is 674. The summed E-state index contributed by atoms with van der Waals surface area (Å²) >= 11 is 0. The van der Waals surface area contributed by atoms with Crippen molar-refractivity contribution in [3.05, 3.63) is 41.7 Å². The lowest BCUT2D eigenvalue weighted by molar-refractivity contribution is -0.149. The molecule has 1 heterocycles. The minimum atomic E-state index is -1.11. The van der Waals surface area contributed by atoms with Crippen LogP contribution in [0.15, 0.2) is 36.1 Å². The number of allylic oxidation sites excluding steroid dienone is 1. The van der Waals surface area contributed by atoms with E-state index in [9.17, 15) is 14.4 Å². The lowest BCUT2D eigenvalue weighted by Crippen LogP contribution is -2.55. The Balaban J connectivity index is 2.36. The average molecular weight is 315 g/mol. The van der Waals surface area contributed by atoms with E-state index < -0.39 is 5.54 Å². The number of amides is 1. The standard InChI is InChI=1S/C18H21NO4/c1-12(20)10-15(21)18(3,4)19-11-23-13(2)16(17(19)22)14-8-6-5-7-9-14/h5-9H,10-11H2,1-4H3. The topological polar surface area (TPSA) is 63.7 Å². The zero-order valence-electron chi connectivity index (χ0n) is 13.9. The summed E-state index contributed by atoms with van der Waals surface area (Å²) < 4.78 is 5.62. The third-order valence-electron chi connectivity index (χ3n) is 4.05. The van der Waals surface area contributed by atoms with Gasteiger partial charge in [0.2, 0.25) is 0 Å². The monoisotopic (exact) mass is 315 g/mol. The molecule has 0 aliphatic carbocycles. The highest BCUT2D eigenvalue weighted by atomic mass is 16.5. The molecule has 0 saturated carbocycles. The first-order valence-corrected chi connectivity index (χ1v) is 7.49. The van der Waals surface area contributed by atoms with Crippen molar-refractivity contribution in [1.29, 1.82) is 0 Å². The molecule has 0 fully saturated rings. The molecule has 1 aromatic rings. The van der Waals surface area contributed by atoms with E-state index in [1.165, 1.54) is 11.8 Å². The number of benzene rings is 1. The number of carbonyl (C=O) groups excluding carboxylic acids is 3. The van der Waals surface area contributed by atoms with Gasteiger partial charge in [0.15, 0.2) is 12.5 Å². The lowest BCUT2D eigenvalue weighted by atomic mass is 9.91. The van der Waals surface area contributed by atoms with Crippen molar-refractivity contribution in [2.75, 3.05) is 6.73 Å². The molecule has 1 aromatic carbocycles. The smallest absolute Gasteiger partial charge is 0.261 e. The second kappa shape index (κ2) is 6.36. The molecule has 0 aromatic heterocycles. The summed E-state index contributed by atoms with van der Waals surface area (Å²) in [5.74, 6) is -0.244. The quantitative estimate of drug-likeness (QED) is 0.783. The van der Waals surface area contributed by atoms with E-state index in [-0.39, 0.29) is 30.6 Å². The van der Waals surface area contributed by atoms with Gasteiger partial charge in [-0.2, -0.15) is 0 Å². The fourth-order valence-corrected chi connectivity index (χ4v) is 2.52. The Hall–Kier alpha value is -2.43. The van der Waals surface area contributed by atoms with Crippen molar-refractivity contribution in [1.82, 2.24) is 4.90 Å². The Labute approximate surface area is 135 Å². The number of nitrogens with zero attached hydrogens (tertiary/aromatic N) is 1. The van der Waals surface area contributed by atoms with E-state index in [2.05, 4.69) is 0 Å². The molecule has 0 unspecified atom stereocenters. The third-order valence-corrected chi connectivity index (χ3v) is 4.05. The van der Waals surface area contributed by atoms with Crippen molar-refractivity contribution in [2.45, 2.75) is 39.7 Å². The molecular formula is C18H21NO4. The average Bonchev–Trinajstić information content (AvgIpc) is 2.47. The summed E-state index contributed by atoms with van der Waals surface area (Å²) in [4.78, 5) is 37.9. The first-order valence-electron chi connectivity index (χ1n) is 7.49. The summed E-state index contributed by atoms with van der Waals surface area (Å²) in [5.41, 5.74) is 0.0822. The maximum atomic E-state index is 12.9. The van der Waals surface area contributed by atoms with Gasteiger partial charge in [0.05, 0.1) is 17.5 Å². The number of rotatable bonds is 5. The number of Topliss-reactive ketones (excluding diaryl/α,β-unsaturated/α-hetero) is 2. The molecule has 1 aliphatic heterocycles. The summed E-state index contributed by atoms with van der Waals surface area (Å²) in [6, 6.07) is 9.20. The number of hydrogen-bond donors (Lipinski definition) is 0. The molecule has 122 valence electrons. The lowest BCUT2D eigenvalue weighted by Gasteiger charge is -2.40. The molecule has 1 amide bonds. The summed E-state index contributed by atoms with van der Waals surface area (Å²) in [6.07, 6.45) is -0.194. The van der Waals surface area contributed by atoms with Crippen LogP contribution in [0.1, 0.15) is 39.7 Å². The fraction of sp³-hybridized carbons (Fsp3) is 0.389. The first kappa shape index (κ1) is 16.9. The van der Waals surface area contributed by atoms with Crippen LogP contribution in [0.3, 0.4) is 0 Å². The van der Waals surface area contributed by atoms with Crippen LogP contribution in [-0.2, 0) is 19.1 Å². The van der Waals surface area contributed by atoms with Crippen LogP contribution < -0.4 is 0 Å². The van der Waals surface area contributed by atoms with E-state index in [1.54, 1.807) is 20.8 Å². The van der Waals surface area contributed by atoms with Crippen molar-refractivity contribution in [3.63, 3.8) is 0 Å². The van der Waals surface area contributed by atoms with Gasteiger partial charge < -0.3 is 4.74 Å². The highest BCUT2D eigenvalue weighted by Crippen LogP contribution is 2.31. The normalized spacial score (nSPS) is 15.5. The van der Waals surface area contributed by atoms with E-state index in [0.29, 0.717) is 11.3 Å². The van der Waals surface area contributed by atoms with Gasteiger partial charge in [0.25, 0.3) is 5.91 Å². The van der Waals surface area contributed by atoms with Crippen molar-refractivity contribution in [3.8, 4) is 0 Å². The largest absolute Gasteiger partial charge is 0.477 e. The van der Waals surface area contributed by atoms with Gasteiger partial charge in [-0.25, -0.2) is 0 Å². The molecule has 23 heavy (non-hydrogen) atoms. The van der Waals surface area contributed by atoms with Crippen molar-refractivity contribution in [2.24, 2.45) is 0 Å². The van der Waals surface area contributed by atoms with E-state index >= 15 is 0 Å². The molecule has 0 radical (unpaired) electrons. The van der Waals surface area contributed by atoms with Crippen LogP contribution in [0.2, 0.25) is 0 Å². The highest BCUT2D eigenvalue weighted by molar-refractivity contribution is 6.21.